The molecule has 0 aliphatic rings. The number of benzene rings is 2. The van der Waals surface area contributed by atoms with E-state index < -0.39 is 0 Å². The predicted molar refractivity (Wildman–Crippen MR) is 83.3 cm³/mol. The Morgan fingerprint density at radius 3 is 2.62 bits per heavy atom. The van der Waals surface area contributed by atoms with Crippen molar-refractivity contribution in [1.29, 1.82) is 0 Å². The van der Waals surface area contributed by atoms with Gasteiger partial charge in [-0.15, -0.1) is 0 Å². The monoisotopic (exact) mass is 283 g/mol. The van der Waals surface area contributed by atoms with Gasteiger partial charge >= 0.3 is 0 Å². The summed E-state index contributed by atoms with van der Waals surface area (Å²) >= 11 is 0. The summed E-state index contributed by atoms with van der Waals surface area (Å²) in [6.07, 6.45) is 2.35. The van der Waals surface area contributed by atoms with Crippen molar-refractivity contribution in [2.75, 3.05) is 6.54 Å². The molecule has 4 heteroatoms. The molecule has 0 saturated heterocycles. The summed E-state index contributed by atoms with van der Waals surface area (Å²) in [4.78, 5) is 4.37. The number of nitrogens with two attached hydrogens (primary N) is 1. The molecule has 0 amide bonds. The molecule has 21 heavy (non-hydrogen) atoms. The second-order valence-electron chi connectivity index (χ2n) is 5.36. The Morgan fingerprint density at radius 2 is 1.90 bits per heavy atom. The Hall–Kier alpha value is -2.20. The van der Waals surface area contributed by atoms with Crippen LogP contribution in [0.25, 0.3) is 16.7 Å². The SMILES string of the molecule is Cc1cc2ncn(-c3ccc(CCN)cc3F)c2cc1C. The van der Waals surface area contributed by atoms with E-state index in [1.165, 1.54) is 11.1 Å². The zero-order chi connectivity index (χ0) is 15.0. The third-order valence-corrected chi connectivity index (χ3v) is 3.87. The van der Waals surface area contributed by atoms with E-state index in [4.69, 9.17) is 5.73 Å². The molecular formula is C17H18FN3. The first-order valence-electron chi connectivity index (χ1n) is 7.03. The Bertz CT molecular complexity index is 805. The highest BCUT2D eigenvalue weighted by Gasteiger charge is 2.10. The summed E-state index contributed by atoms with van der Waals surface area (Å²) < 4.78 is 16.1. The number of hydrogen-bond acceptors (Lipinski definition) is 2. The van der Waals surface area contributed by atoms with Crippen molar-refractivity contribution in [2.24, 2.45) is 5.73 Å². The van der Waals surface area contributed by atoms with Crippen LogP contribution < -0.4 is 5.73 Å². The van der Waals surface area contributed by atoms with Crippen LogP contribution >= 0.6 is 0 Å². The van der Waals surface area contributed by atoms with Gasteiger partial charge in [0, 0.05) is 0 Å². The van der Waals surface area contributed by atoms with Gasteiger partial charge in [-0.1, -0.05) is 6.07 Å². The maximum atomic E-state index is 14.4. The molecule has 0 unspecified atom stereocenters. The maximum Gasteiger partial charge on any atom is 0.147 e. The number of aryl methyl sites for hydroxylation is 2. The lowest BCUT2D eigenvalue weighted by atomic mass is 10.1. The van der Waals surface area contributed by atoms with Gasteiger partial charge in [-0.3, -0.25) is 4.57 Å². The van der Waals surface area contributed by atoms with E-state index in [1.54, 1.807) is 23.0 Å². The minimum absolute atomic E-state index is 0.251. The number of imidazole rings is 1. The van der Waals surface area contributed by atoms with Crippen molar-refractivity contribution in [3.05, 3.63) is 59.2 Å². The van der Waals surface area contributed by atoms with Crippen LogP contribution in [0.5, 0.6) is 0 Å². The first-order chi connectivity index (χ1) is 10.1. The fraction of sp³-hybridized carbons (Fsp3) is 0.235. The molecule has 3 nitrogen and oxygen atoms in total. The van der Waals surface area contributed by atoms with Gasteiger partial charge in [0.2, 0.25) is 0 Å². The minimum Gasteiger partial charge on any atom is -0.330 e. The molecule has 0 aliphatic carbocycles. The third-order valence-electron chi connectivity index (χ3n) is 3.87. The summed E-state index contributed by atoms with van der Waals surface area (Å²) in [6.45, 7) is 4.62. The van der Waals surface area contributed by atoms with E-state index in [-0.39, 0.29) is 5.82 Å². The van der Waals surface area contributed by atoms with Crippen LogP contribution in [0.4, 0.5) is 4.39 Å². The zero-order valence-electron chi connectivity index (χ0n) is 12.2. The van der Waals surface area contributed by atoms with Crippen LogP contribution in [0.1, 0.15) is 16.7 Å². The number of halogens is 1. The predicted octanol–water partition coefficient (Wildman–Crippen LogP) is 3.28. The molecule has 0 aliphatic heterocycles. The molecule has 0 bridgehead atoms. The lowest BCUT2D eigenvalue weighted by Gasteiger charge is -2.09. The molecule has 0 atom stereocenters. The van der Waals surface area contributed by atoms with Crippen LogP contribution in [0.15, 0.2) is 36.7 Å². The molecule has 0 spiro atoms. The van der Waals surface area contributed by atoms with E-state index in [2.05, 4.69) is 11.9 Å². The molecule has 0 fully saturated rings. The zero-order valence-corrected chi connectivity index (χ0v) is 12.2. The van der Waals surface area contributed by atoms with Gasteiger partial charge in [-0.25, -0.2) is 9.37 Å². The van der Waals surface area contributed by atoms with E-state index in [0.29, 0.717) is 18.7 Å². The maximum absolute atomic E-state index is 14.4. The first-order valence-corrected chi connectivity index (χ1v) is 7.03. The largest absolute Gasteiger partial charge is 0.330 e. The highest BCUT2D eigenvalue weighted by Crippen LogP contribution is 2.24. The molecule has 108 valence electrons. The average molecular weight is 283 g/mol. The van der Waals surface area contributed by atoms with Crippen LogP contribution in [-0.2, 0) is 6.42 Å². The van der Waals surface area contributed by atoms with Crippen molar-refractivity contribution < 1.29 is 4.39 Å². The Morgan fingerprint density at radius 1 is 1.14 bits per heavy atom. The molecule has 0 saturated carbocycles. The summed E-state index contributed by atoms with van der Waals surface area (Å²) in [7, 11) is 0. The van der Waals surface area contributed by atoms with E-state index in [9.17, 15) is 4.39 Å². The van der Waals surface area contributed by atoms with Crippen molar-refractivity contribution >= 4 is 11.0 Å². The molecule has 3 rings (SSSR count). The quantitative estimate of drug-likeness (QED) is 0.801. The highest BCUT2D eigenvalue weighted by molar-refractivity contribution is 5.79. The van der Waals surface area contributed by atoms with Gasteiger partial charge in [0.15, 0.2) is 0 Å². The lowest BCUT2D eigenvalue weighted by molar-refractivity contribution is 0.617. The molecule has 3 aromatic rings. The van der Waals surface area contributed by atoms with Gasteiger partial charge < -0.3 is 5.73 Å². The van der Waals surface area contributed by atoms with Crippen molar-refractivity contribution in [3.63, 3.8) is 0 Å². The molecule has 2 aromatic carbocycles. The Labute approximate surface area is 123 Å². The van der Waals surface area contributed by atoms with E-state index in [1.807, 2.05) is 25.1 Å². The number of aromatic nitrogens is 2. The minimum atomic E-state index is -0.251. The Kier molecular flexibility index (Phi) is 3.47. The van der Waals surface area contributed by atoms with Crippen molar-refractivity contribution in [3.8, 4) is 5.69 Å². The smallest absolute Gasteiger partial charge is 0.147 e. The number of nitrogens with zero attached hydrogens (tertiary/aromatic N) is 2. The average Bonchev–Trinajstić information content (AvgIpc) is 2.83. The molecule has 2 N–H and O–H groups in total. The first kappa shape index (κ1) is 13.8. The summed E-state index contributed by atoms with van der Waals surface area (Å²) in [5, 5.41) is 0. The molecular weight excluding hydrogens is 265 g/mol. The molecule has 1 heterocycles. The van der Waals surface area contributed by atoms with Gasteiger partial charge in [0.25, 0.3) is 0 Å². The fourth-order valence-electron chi connectivity index (χ4n) is 2.52. The van der Waals surface area contributed by atoms with Gasteiger partial charge in [-0.05, 0) is 67.8 Å². The lowest BCUT2D eigenvalue weighted by Crippen LogP contribution is -2.04. The molecule has 0 radical (unpaired) electrons. The normalized spacial score (nSPS) is 11.2. The summed E-state index contributed by atoms with van der Waals surface area (Å²) in [5.74, 6) is -0.251. The fourth-order valence-corrected chi connectivity index (χ4v) is 2.52. The van der Waals surface area contributed by atoms with Crippen LogP contribution in [0, 0.1) is 19.7 Å². The van der Waals surface area contributed by atoms with Gasteiger partial charge in [0.05, 0.1) is 16.7 Å². The van der Waals surface area contributed by atoms with Gasteiger partial charge in [0.1, 0.15) is 12.1 Å². The van der Waals surface area contributed by atoms with E-state index in [0.717, 1.165) is 16.6 Å². The van der Waals surface area contributed by atoms with Crippen LogP contribution in [-0.4, -0.2) is 16.1 Å². The second-order valence-corrected chi connectivity index (χ2v) is 5.36. The summed E-state index contributed by atoms with van der Waals surface area (Å²) in [5.41, 5.74) is 11.1. The number of fused-ring (bicyclic) bond motifs is 1. The Balaban J connectivity index is 2.14. The van der Waals surface area contributed by atoms with Gasteiger partial charge in [-0.2, -0.15) is 0 Å². The molecule has 1 aromatic heterocycles. The highest BCUT2D eigenvalue weighted by atomic mass is 19.1. The number of rotatable bonds is 3. The van der Waals surface area contributed by atoms with Crippen molar-refractivity contribution in [2.45, 2.75) is 20.3 Å². The van der Waals surface area contributed by atoms with Crippen molar-refractivity contribution in [1.82, 2.24) is 9.55 Å². The second kappa shape index (κ2) is 5.30. The van der Waals surface area contributed by atoms with Crippen LogP contribution in [0.2, 0.25) is 0 Å². The standard InChI is InChI=1S/C17H18FN3/c1-11-7-15-17(8-12(11)2)21(10-20-15)16-4-3-13(5-6-19)9-14(16)18/h3-4,7-10H,5-6,19H2,1-2H3. The van der Waals surface area contributed by atoms with E-state index >= 15 is 0 Å². The number of hydrogen-bond donors (Lipinski definition) is 1. The third kappa shape index (κ3) is 2.43. The topological polar surface area (TPSA) is 43.8 Å². The summed E-state index contributed by atoms with van der Waals surface area (Å²) in [6, 6.07) is 9.33. The van der Waals surface area contributed by atoms with Crippen LogP contribution in [0.3, 0.4) is 0 Å².